The Hall–Kier alpha value is -3.03. The first-order valence-electron chi connectivity index (χ1n) is 11.8. The smallest absolute Gasteiger partial charge is 0.429 e. The van der Waals surface area contributed by atoms with Crippen LogP contribution in [0.1, 0.15) is 61.6 Å². The fourth-order valence-electron chi connectivity index (χ4n) is 4.81. The number of benzene rings is 3. The molecule has 1 aliphatic carbocycles. The lowest BCUT2D eigenvalue weighted by Crippen LogP contribution is -2.25. The van der Waals surface area contributed by atoms with E-state index in [0.29, 0.717) is 30.2 Å². The molecule has 8 heteroatoms. The summed E-state index contributed by atoms with van der Waals surface area (Å²) in [6.07, 6.45) is 0.482. The van der Waals surface area contributed by atoms with Gasteiger partial charge in [-0.2, -0.15) is 8.78 Å². The van der Waals surface area contributed by atoms with Crippen molar-refractivity contribution in [1.29, 1.82) is 0 Å². The van der Waals surface area contributed by atoms with Crippen molar-refractivity contribution >= 4 is 0 Å². The van der Waals surface area contributed by atoms with Gasteiger partial charge < -0.3 is 4.74 Å². The fourth-order valence-corrected chi connectivity index (χ4v) is 4.81. The normalized spacial score (nSPS) is 18.4. The van der Waals surface area contributed by atoms with Crippen molar-refractivity contribution in [2.24, 2.45) is 5.92 Å². The summed E-state index contributed by atoms with van der Waals surface area (Å²) in [5, 5.41) is 0. The molecule has 1 nitrogen and oxygen atoms in total. The highest BCUT2D eigenvalue weighted by Crippen LogP contribution is 2.40. The summed E-state index contributed by atoms with van der Waals surface area (Å²) in [6, 6.07) is 6.54. The van der Waals surface area contributed by atoms with Crippen molar-refractivity contribution < 1.29 is 35.5 Å². The average Bonchev–Trinajstić information content (AvgIpc) is 2.81. The Labute approximate surface area is 204 Å². The Balaban J connectivity index is 1.60. The molecule has 1 aliphatic rings. The summed E-state index contributed by atoms with van der Waals surface area (Å²) in [4.78, 5) is 0. The maximum atomic E-state index is 14.9. The SMILES string of the molecule is CCC1CCC(c2ccc(-c3cc(F)c(C(F)(F)Oc4cc(F)c(C)c(F)c4)c(F)c3)c(F)c2)CC1. The van der Waals surface area contributed by atoms with E-state index in [2.05, 4.69) is 11.7 Å². The molecule has 0 aliphatic heterocycles. The summed E-state index contributed by atoms with van der Waals surface area (Å²) in [7, 11) is 0. The van der Waals surface area contributed by atoms with Crippen LogP contribution in [0.15, 0.2) is 42.5 Å². The minimum Gasteiger partial charge on any atom is -0.429 e. The van der Waals surface area contributed by atoms with Crippen LogP contribution in [0.2, 0.25) is 0 Å². The van der Waals surface area contributed by atoms with E-state index in [0.717, 1.165) is 44.6 Å². The van der Waals surface area contributed by atoms with Crippen molar-refractivity contribution in [3.8, 4) is 16.9 Å². The van der Waals surface area contributed by atoms with E-state index in [-0.39, 0.29) is 17.0 Å². The van der Waals surface area contributed by atoms with Crippen molar-refractivity contribution in [1.82, 2.24) is 0 Å². The van der Waals surface area contributed by atoms with Crippen molar-refractivity contribution in [3.63, 3.8) is 0 Å². The Bertz CT molecular complexity index is 1220. The third-order valence-corrected chi connectivity index (χ3v) is 7.03. The van der Waals surface area contributed by atoms with Crippen LogP contribution in [0.4, 0.5) is 30.7 Å². The Morgan fingerprint density at radius 1 is 0.778 bits per heavy atom. The number of halogens is 7. The van der Waals surface area contributed by atoms with E-state index in [4.69, 9.17) is 0 Å². The van der Waals surface area contributed by atoms with Crippen LogP contribution in [-0.4, -0.2) is 0 Å². The Morgan fingerprint density at radius 2 is 1.36 bits per heavy atom. The van der Waals surface area contributed by atoms with Crippen molar-refractivity contribution in [2.75, 3.05) is 0 Å². The van der Waals surface area contributed by atoms with Crippen LogP contribution < -0.4 is 4.74 Å². The van der Waals surface area contributed by atoms with Crippen LogP contribution in [0.3, 0.4) is 0 Å². The Morgan fingerprint density at radius 3 is 1.89 bits per heavy atom. The molecule has 1 saturated carbocycles. The minimum absolute atomic E-state index is 0.141. The van der Waals surface area contributed by atoms with Crippen molar-refractivity contribution in [3.05, 3.63) is 88.2 Å². The average molecular weight is 510 g/mol. The quantitative estimate of drug-likeness (QED) is 0.301. The minimum atomic E-state index is -4.60. The summed E-state index contributed by atoms with van der Waals surface area (Å²) in [5.41, 5.74) is -1.79. The van der Waals surface area contributed by atoms with Gasteiger partial charge in [0, 0.05) is 23.3 Å². The van der Waals surface area contributed by atoms with Crippen molar-refractivity contribution in [2.45, 2.75) is 58.0 Å². The third-order valence-electron chi connectivity index (χ3n) is 7.03. The van der Waals surface area contributed by atoms with Gasteiger partial charge in [0.05, 0.1) is 0 Å². The first-order valence-corrected chi connectivity index (χ1v) is 11.8. The highest BCUT2D eigenvalue weighted by molar-refractivity contribution is 5.65. The molecule has 3 aromatic rings. The molecule has 3 aromatic carbocycles. The van der Waals surface area contributed by atoms with Crippen LogP contribution in [-0.2, 0) is 6.11 Å². The van der Waals surface area contributed by atoms with Gasteiger partial charge in [-0.3, -0.25) is 0 Å². The largest absolute Gasteiger partial charge is 0.432 e. The zero-order valence-corrected chi connectivity index (χ0v) is 19.8. The lowest BCUT2D eigenvalue weighted by molar-refractivity contribution is -0.189. The molecule has 0 spiro atoms. The third kappa shape index (κ3) is 5.22. The molecule has 0 aromatic heterocycles. The first kappa shape index (κ1) is 26.0. The maximum Gasteiger partial charge on any atom is 0.432 e. The highest BCUT2D eigenvalue weighted by atomic mass is 19.3. The second kappa shape index (κ2) is 10.1. The summed E-state index contributed by atoms with van der Waals surface area (Å²) in [5.74, 6) is -6.50. The zero-order valence-electron chi connectivity index (χ0n) is 19.8. The van der Waals surface area contributed by atoms with Crippen LogP contribution in [0.5, 0.6) is 5.75 Å². The molecule has 0 N–H and O–H groups in total. The molecule has 0 heterocycles. The standard InChI is InChI=1S/C28H25F7O/c1-3-16-4-6-17(7-5-16)18-8-9-21(24(31)10-18)19-11-25(32)27(26(33)12-19)28(34,35)36-20-13-22(29)15(2)23(30)14-20/h8-14,16-17H,3-7H2,1-2H3. The molecule has 0 radical (unpaired) electrons. The zero-order chi connectivity index (χ0) is 26.2. The number of alkyl halides is 2. The van der Waals surface area contributed by atoms with E-state index < -0.39 is 52.1 Å². The van der Waals surface area contributed by atoms with E-state index in [1.54, 1.807) is 6.07 Å². The van der Waals surface area contributed by atoms with Gasteiger partial charge in [0.15, 0.2) is 0 Å². The molecule has 36 heavy (non-hydrogen) atoms. The molecule has 0 atom stereocenters. The van der Waals surface area contributed by atoms with E-state index in [1.165, 1.54) is 12.1 Å². The Kier molecular flexibility index (Phi) is 7.34. The lowest BCUT2D eigenvalue weighted by Gasteiger charge is -2.28. The molecule has 0 unspecified atom stereocenters. The number of rotatable bonds is 6. The molecule has 0 amide bonds. The molecular weight excluding hydrogens is 485 g/mol. The van der Waals surface area contributed by atoms with Gasteiger partial charge in [-0.05, 0) is 73.8 Å². The van der Waals surface area contributed by atoms with Gasteiger partial charge in [0.1, 0.15) is 40.4 Å². The van der Waals surface area contributed by atoms with Gasteiger partial charge in [-0.25, -0.2) is 22.0 Å². The first-order chi connectivity index (χ1) is 17.0. The van der Waals surface area contributed by atoms with Crippen LogP contribution >= 0.6 is 0 Å². The fraction of sp³-hybridized carbons (Fsp3) is 0.357. The molecule has 0 bridgehead atoms. The predicted octanol–water partition coefficient (Wildman–Crippen LogP) is 9.17. The second-order valence-electron chi connectivity index (χ2n) is 9.31. The topological polar surface area (TPSA) is 9.23 Å². The van der Waals surface area contributed by atoms with Gasteiger partial charge in [0.2, 0.25) is 0 Å². The lowest BCUT2D eigenvalue weighted by atomic mass is 9.77. The van der Waals surface area contributed by atoms with E-state index in [9.17, 15) is 30.7 Å². The number of hydrogen-bond acceptors (Lipinski definition) is 1. The molecular formula is C28H25F7O. The van der Waals surface area contributed by atoms with E-state index in [1.807, 2.05) is 0 Å². The van der Waals surface area contributed by atoms with Gasteiger partial charge >= 0.3 is 6.11 Å². The molecule has 192 valence electrons. The summed E-state index contributed by atoms with van der Waals surface area (Å²) >= 11 is 0. The van der Waals surface area contributed by atoms with Gasteiger partial charge in [-0.15, -0.1) is 0 Å². The van der Waals surface area contributed by atoms with E-state index >= 15 is 0 Å². The van der Waals surface area contributed by atoms with Gasteiger partial charge in [0.25, 0.3) is 0 Å². The van der Waals surface area contributed by atoms with Crippen LogP contribution in [0, 0.1) is 41.9 Å². The highest BCUT2D eigenvalue weighted by Gasteiger charge is 2.41. The summed E-state index contributed by atoms with van der Waals surface area (Å²) in [6.45, 7) is 3.24. The van der Waals surface area contributed by atoms with Gasteiger partial charge in [-0.1, -0.05) is 25.5 Å². The maximum absolute atomic E-state index is 14.9. The molecule has 1 fully saturated rings. The number of hydrogen-bond donors (Lipinski definition) is 0. The predicted molar refractivity (Wildman–Crippen MR) is 122 cm³/mol. The molecule has 4 rings (SSSR count). The second-order valence-corrected chi connectivity index (χ2v) is 9.31. The van der Waals surface area contributed by atoms with Crippen LogP contribution in [0.25, 0.3) is 11.1 Å². The monoisotopic (exact) mass is 510 g/mol. The number of ether oxygens (including phenoxy) is 1. The molecule has 0 saturated heterocycles. The summed E-state index contributed by atoms with van der Waals surface area (Å²) < 4.78 is 105.